The van der Waals surface area contributed by atoms with Crippen LogP contribution in [-0.4, -0.2) is 32.6 Å². The van der Waals surface area contributed by atoms with Crippen LogP contribution in [0.5, 0.6) is 0 Å². The molecule has 2 aromatic rings. The highest BCUT2D eigenvalue weighted by Crippen LogP contribution is 2.23. The zero-order valence-electron chi connectivity index (χ0n) is 10.6. The van der Waals surface area contributed by atoms with Crippen LogP contribution < -0.4 is 16.9 Å². The molecule has 0 atom stereocenters. The van der Waals surface area contributed by atoms with Gasteiger partial charge in [0, 0.05) is 10.6 Å². The van der Waals surface area contributed by atoms with E-state index in [0.717, 1.165) is 11.8 Å². The fourth-order valence-corrected chi connectivity index (χ4v) is 2.35. The molecule has 0 aliphatic rings. The molecule has 0 saturated carbocycles. The molecular formula is C11H11ClN6O2S. The first-order valence-corrected chi connectivity index (χ1v) is 7.02. The number of halogens is 1. The molecular weight excluding hydrogens is 316 g/mol. The van der Waals surface area contributed by atoms with Crippen LogP contribution in [0.1, 0.15) is 0 Å². The Morgan fingerprint density at radius 3 is 2.81 bits per heavy atom. The minimum atomic E-state index is -0.908. The number of thioether (sulfide) groups is 1. The van der Waals surface area contributed by atoms with E-state index in [1.54, 1.807) is 24.3 Å². The maximum atomic E-state index is 11.3. The monoisotopic (exact) mass is 326 g/mol. The number of benzene rings is 1. The van der Waals surface area contributed by atoms with Crippen LogP contribution in [0.4, 0.5) is 4.79 Å². The molecule has 0 radical (unpaired) electrons. The standard InChI is InChI=1S/C11H11ClN6O2S/c12-7-3-1-2-6(4-7)9-16-17-11(18(9)14)21-5-8(19)15-10(13)20/h1-4H,5,14H2,(H3,13,15,19,20). The number of imide groups is 1. The number of nitrogens with two attached hydrogens (primary N) is 2. The van der Waals surface area contributed by atoms with Gasteiger partial charge in [-0.25, -0.2) is 9.47 Å². The number of rotatable bonds is 4. The van der Waals surface area contributed by atoms with Gasteiger partial charge in [-0.05, 0) is 12.1 Å². The Hall–Kier alpha value is -2.26. The molecule has 3 amide bonds. The summed E-state index contributed by atoms with van der Waals surface area (Å²) in [6.45, 7) is 0. The van der Waals surface area contributed by atoms with Crippen LogP contribution in [0.3, 0.4) is 0 Å². The first-order chi connectivity index (χ1) is 9.97. The molecule has 5 N–H and O–H groups in total. The SMILES string of the molecule is NC(=O)NC(=O)CSc1nnc(-c2cccc(Cl)c2)n1N. The van der Waals surface area contributed by atoms with Gasteiger partial charge in [0.15, 0.2) is 5.82 Å². The number of urea groups is 1. The Bertz CT molecular complexity index is 689. The Labute approximate surface area is 128 Å². The van der Waals surface area contributed by atoms with Gasteiger partial charge < -0.3 is 11.6 Å². The Morgan fingerprint density at radius 2 is 2.14 bits per heavy atom. The van der Waals surface area contributed by atoms with Crippen LogP contribution in [0.2, 0.25) is 5.02 Å². The van der Waals surface area contributed by atoms with Crippen molar-refractivity contribution in [2.45, 2.75) is 5.16 Å². The number of nitrogens with zero attached hydrogens (tertiary/aromatic N) is 3. The number of carbonyl (C=O) groups is 2. The number of amides is 3. The van der Waals surface area contributed by atoms with Gasteiger partial charge in [-0.3, -0.25) is 10.1 Å². The van der Waals surface area contributed by atoms with Gasteiger partial charge >= 0.3 is 6.03 Å². The van der Waals surface area contributed by atoms with Gasteiger partial charge in [-0.2, -0.15) is 0 Å². The van der Waals surface area contributed by atoms with E-state index in [9.17, 15) is 9.59 Å². The second-order valence-corrected chi connectivity index (χ2v) is 5.27. The number of hydrogen-bond acceptors (Lipinski definition) is 6. The molecule has 1 aromatic carbocycles. The molecule has 110 valence electrons. The van der Waals surface area contributed by atoms with Crippen LogP contribution in [0, 0.1) is 0 Å². The molecule has 0 unspecified atom stereocenters. The quantitative estimate of drug-likeness (QED) is 0.557. The fraction of sp³-hybridized carbons (Fsp3) is 0.0909. The smallest absolute Gasteiger partial charge is 0.318 e. The molecule has 8 nitrogen and oxygen atoms in total. The lowest BCUT2D eigenvalue weighted by molar-refractivity contribution is -0.117. The van der Waals surface area contributed by atoms with Crippen molar-refractivity contribution in [1.29, 1.82) is 0 Å². The predicted molar refractivity (Wildman–Crippen MR) is 79.1 cm³/mol. The molecule has 0 saturated heterocycles. The zero-order valence-corrected chi connectivity index (χ0v) is 12.2. The number of primary amides is 1. The van der Waals surface area contributed by atoms with Crippen molar-refractivity contribution in [3.05, 3.63) is 29.3 Å². The second kappa shape index (κ2) is 6.46. The molecule has 10 heteroatoms. The molecule has 2 rings (SSSR count). The predicted octanol–water partition coefficient (Wildman–Crippen LogP) is 0.599. The second-order valence-electron chi connectivity index (χ2n) is 3.89. The van der Waals surface area contributed by atoms with Crippen molar-refractivity contribution in [1.82, 2.24) is 20.2 Å². The van der Waals surface area contributed by atoms with E-state index in [0.29, 0.717) is 21.6 Å². The van der Waals surface area contributed by atoms with Crippen molar-refractivity contribution < 1.29 is 9.59 Å². The highest BCUT2D eigenvalue weighted by atomic mass is 35.5. The lowest BCUT2D eigenvalue weighted by Gasteiger charge is -2.04. The highest BCUT2D eigenvalue weighted by molar-refractivity contribution is 7.99. The van der Waals surface area contributed by atoms with E-state index in [1.807, 2.05) is 5.32 Å². The summed E-state index contributed by atoms with van der Waals surface area (Å²) in [5.74, 6) is 5.69. The summed E-state index contributed by atoms with van der Waals surface area (Å²) in [4.78, 5) is 21.8. The highest BCUT2D eigenvalue weighted by Gasteiger charge is 2.14. The van der Waals surface area contributed by atoms with E-state index in [-0.39, 0.29) is 5.75 Å². The largest absolute Gasteiger partial charge is 0.351 e. The van der Waals surface area contributed by atoms with Gasteiger partial charge in [0.25, 0.3) is 0 Å². The first-order valence-electron chi connectivity index (χ1n) is 5.66. The van der Waals surface area contributed by atoms with Crippen LogP contribution in [-0.2, 0) is 4.79 Å². The van der Waals surface area contributed by atoms with E-state index in [1.165, 1.54) is 4.68 Å². The molecule has 1 heterocycles. The Morgan fingerprint density at radius 1 is 1.38 bits per heavy atom. The van der Waals surface area contributed by atoms with Crippen molar-refractivity contribution in [2.75, 3.05) is 11.6 Å². The number of nitrogens with one attached hydrogen (secondary N) is 1. The van der Waals surface area contributed by atoms with E-state index < -0.39 is 11.9 Å². The van der Waals surface area contributed by atoms with E-state index in [4.69, 9.17) is 23.2 Å². The average molecular weight is 327 g/mol. The third-order valence-corrected chi connectivity index (χ3v) is 3.52. The summed E-state index contributed by atoms with van der Waals surface area (Å²) in [5, 5.41) is 10.6. The molecule has 0 aliphatic heterocycles. The molecule has 21 heavy (non-hydrogen) atoms. The van der Waals surface area contributed by atoms with Gasteiger partial charge in [0.05, 0.1) is 5.75 Å². The summed E-state index contributed by atoms with van der Waals surface area (Å²) in [6.07, 6.45) is 0. The van der Waals surface area contributed by atoms with Gasteiger partial charge in [0.2, 0.25) is 11.1 Å². The van der Waals surface area contributed by atoms with Crippen molar-refractivity contribution in [3.8, 4) is 11.4 Å². The van der Waals surface area contributed by atoms with E-state index >= 15 is 0 Å². The van der Waals surface area contributed by atoms with Crippen LogP contribution in [0.15, 0.2) is 29.4 Å². The van der Waals surface area contributed by atoms with Crippen LogP contribution in [0.25, 0.3) is 11.4 Å². The summed E-state index contributed by atoms with van der Waals surface area (Å²) in [6, 6.07) is 6.07. The normalized spacial score (nSPS) is 10.3. The lowest BCUT2D eigenvalue weighted by atomic mass is 10.2. The van der Waals surface area contributed by atoms with Crippen LogP contribution >= 0.6 is 23.4 Å². The summed E-state index contributed by atoms with van der Waals surface area (Å²) >= 11 is 6.93. The van der Waals surface area contributed by atoms with Gasteiger partial charge in [0.1, 0.15) is 0 Å². The maximum absolute atomic E-state index is 11.3. The maximum Gasteiger partial charge on any atom is 0.318 e. The fourth-order valence-electron chi connectivity index (χ4n) is 1.50. The lowest BCUT2D eigenvalue weighted by Crippen LogP contribution is -2.36. The third-order valence-electron chi connectivity index (χ3n) is 2.34. The Balaban J connectivity index is 2.10. The minimum absolute atomic E-state index is 0.0617. The molecule has 1 aromatic heterocycles. The number of aromatic nitrogens is 3. The molecule has 0 bridgehead atoms. The van der Waals surface area contributed by atoms with E-state index in [2.05, 4.69) is 10.2 Å². The van der Waals surface area contributed by atoms with Crippen molar-refractivity contribution in [2.24, 2.45) is 5.73 Å². The van der Waals surface area contributed by atoms with Crippen molar-refractivity contribution in [3.63, 3.8) is 0 Å². The number of nitrogen functional groups attached to an aromatic ring is 1. The van der Waals surface area contributed by atoms with Crippen molar-refractivity contribution >= 4 is 35.3 Å². The molecule has 0 aliphatic carbocycles. The molecule has 0 spiro atoms. The average Bonchev–Trinajstić information content (AvgIpc) is 2.77. The summed E-state index contributed by atoms with van der Waals surface area (Å²) in [5.41, 5.74) is 5.54. The Kier molecular flexibility index (Phi) is 4.66. The number of hydrogen-bond donors (Lipinski definition) is 3. The third kappa shape index (κ3) is 3.86. The summed E-state index contributed by atoms with van der Waals surface area (Å²) < 4.78 is 1.24. The topological polar surface area (TPSA) is 129 Å². The number of carbonyl (C=O) groups excluding carboxylic acids is 2. The molecule has 0 fully saturated rings. The summed E-state index contributed by atoms with van der Waals surface area (Å²) in [7, 11) is 0. The minimum Gasteiger partial charge on any atom is -0.351 e. The van der Waals surface area contributed by atoms with Gasteiger partial charge in [-0.15, -0.1) is 10.2 Å². The zero-order chi connectivity index (χ0) is 15.4. The van der Waals surface area contributed by atoms with Gasteiger partial charge in [-0.1, -0.05) is 35.5 Å². The first kappa shape index (κ1) is 15.1.